The summed E-state index contributed by atoms with van der Waals surface area (Å²) in [5.41, 5.74) is -0.163. The molecule has 0 N–H and O–H groups in total. The molecule has 1 heterocycles. The number of hydrogen-bond donors (Lipinski definition) is 0. The van der Waals surface area contributed by atoms with Crippen LogP contribution in [0.15, 0.2) is 91.0 Å². The van der Waals surface area contributed by atoms with Crippen LogP contribution in [0.4, 0.5) is 0 Å². The van der Waals surface area contributed by atoms with Crippen LogP contribution in [0.25, 0.3) is 0 Å². The molecule has 0 aliphatic rings. The van der Waals surface area contributed by atoms with E-state index >= 15 is 0 Å². The molecule has 4 rings (SSSR count). The van der Waals surface area contributed by atoms with Crippen LogP contribution in [0.5, 0.6) is 0 Å². The molecule has 0 amide bonds. The van der Waals surface area contributed by atoms with Crippen molar-refractivity contribution in [1.82, 2.24) is 12.8 Å². The number of nitrogens with zero attached hydrogens (tertiary/aromatic N) is 3. The molecule has 32 heavy (non-hydrogen) atoms. The second kappa shape index (κ2) is 9.43. The molecular formula is C24H21N3O4Pb. The number of carbonyl (C=O) groups is 2. The van der Waals surface area contributed by atoms with Crippen molar-refractivity contribution in [2.45, 2.75) is 0 Å². The van der Waals surface area contributed by atoms with Crippen molar-refractivity contribution in [2.75, 3.05) is 14.2 Å². The Kier molecular flexibility index (Phi) is 6.45. The number of methoxy groups -OCH3 is 2. The molecule has 0 aliphatic carbocycles. The van der Waals surface area contributed by atoms with Crippen LogP contribution >= 0.6 is 0 Å². The maximum absolute atomic E-state index is 13.0. The zero-order valence-corrected chi connectivity index (χ0v) is 21.5. The van der Waals surface area contributed by atoms with Crippen LogP contribution in [-0.2, 0) is 9.47 Å². The third kappa shape index (κ3) is 3.62. The SMILES string of the molecule is COC(=O)c1nn[n]([Pb]([c]2ccccc2)([c]2ccccc2)[c]2ccccc2)c1C(=O)OC. The molecule has 0 spiro atoms. The van der Waals surface area contributed by atoms with Gasteiger partial charge in [-0.2, -0.15) is 0 Å². The Morgan fingerprint density at radius 1 is 0.688 bits per heavy atom. The second-order valence-electron chi connectivity index (χ2n) is 6.99. The number of aromatic nitrogens is 3. The van der Waals surface area contributed by atoms with Crippen LogP contribution in [0.2, 0.25) is 0 Å². The molecule has 8 heteroatoms. The Labute approximate surface area is 190 Å². The second-order valence-corrected chi connectivity index (χ2v) is 20.9. The molecule has 0 saturated heterocycles. The van der Waals surface area contributed by atoms with Gasteiger partial charge in [0.05, 0.1) is 0 Å². The van der Waals surface area contributed by atoms with Gasteiger partial charge in [0, 0.05) is 0 Å². The minimum atomic E-state index is -4.49. The van der Waals surface area contributed by atoms with Crippen LogP contribution < -0.4 is 9.37 Å². The molecule has 7 nitrogen and oxygen atoms in total. The van der Waals surface area contributed by atoms with Crippen LogP contribution in [-0.4, -0.2) is 60.4 Å². The Hall–Kier alpha value is -3.34. The van der Waals surface area contributed by atoms with Crippen LogP contribution in [0.1, 0.15) is 21.0 Å². The first kappa shape index (κ1) is 21.9. The van der Waals surface area contributed by atoms with Crippen LogP contribution in [0.3, 0.4) is 0 Å². The van der Waals surface area contributed by atoms with Gasteiger partial charge in [0.1, 0.15) is 0 Å². The monoisotopic (exact) mass is 623 g/mol. The summed E-state index contributed by atoms with van der Waals surface area (Å²) in [4.78, 5) is 25.5. The van der Waals surface area contributed by atoms with Crippen molar-refractivity contribution < 1.29 is 19.1 Å². The van der Waals surface area contributed by atoms with Gasteiger partial charge in [0.25, 0.3) is 0 Å². The Morgan fingerprint density at radius 3 is 1.47 bits per heavy atom. The maximum atomic E-state index is 13.0. The summed E-state index contributed by atoms with van der Waals surface area (Å²) in [5, 5.41) is 8.51. The van der Waals surface area contributed by atoms with Crippen LogP contribution in [0, 0.1) is 0 Å². The fourth-order valence-electron chi connectivity index (χ4n) is 3.94. The fraction of sp³-hybridized carbons (Fsp3) is 0.0833. The number of carbonyl (C=O) groups excluding carboxylic acids is 2. The molecule has 4 aromatic rings. The third-order valence-electron chi connectivity index (χ3n) is 5.32. The predicted octanol–water partition coefficient (Wildman–Crippen LogP) is 1.37. The summed E-state index contributed by atoms with van der Waals surface area (Å²) in [6.07, 6.45) is 0. The van der Waals surface area contributed by atoms with E-state index in [-0.39, 0.29) is 11.4 Å². The number of rotatable bonds is 6. The van der Waals surface area contributed by atoms with E-state index in [4.69, 9.17) is 9.47 Å². The summed E-state index contributed by atoms with van der Waals surface area (Å²) in [6, 6.07) is 29.9. The molecule has 3 aromatic carbocycles. The summed E-state index contributed by atoms with van der Waals surface area (Å²) < 4.78 is 14.7. The van der Waals surface area contributed by atoms with Gasteiger partial charge in [-0.3, -0.25) is 0 Å². The zero-order chi connectivity index (χ0) is 22.6. The molecule has 1 aromatic heterocycles. The van der Waals surface area contributed by atoms with Crippen molar-refractivity contribution >= 4 is 42.8 Å². The summed E-state index contributed by atoms with van der Waals surface area (Å²) in [7, 11) is 2.51. The predicted molar refractivity (Wildman–Crippen MR) is 122 cm³/mol. The van der Waals surface area contributed by atoms with Gasteiger partial charge < -0.3 is 0 Å². The molecule has 0 saturated carbocycles. The van der Waals surface area contributed by atoms with Gasteiger partial charge >= 0.3 is 191 Å². The van der Waals surface area contributed by atoms with Gasteiger partial charge in [-0.25, -0.2) is 0 Å². The quantitative estimate of drug-likeness (QED) is 0.239. The van der Waals surface area contributed by atoms with Crippen molar-refractivity contribution in [1.29, 1.82) is 0 Å². The van der Waals surface area contributed by atoms with E-state index in [0.29, 0.717) is 0 Å². The van der Waals surface area contributed by atoms with Gasteiger partial charge in [0.15, 0.2) is 0 Å². The molecule has 0 unspecified atom stereocenters. The normalized spacial score (nSPS) is 11.1. The molecule has 0 aliphatic heterocycles. The molecule has 0 atom stereocenters. The van der Waals surface area contributed by atoms with Gasteiger partial charge in [0.2, 0.25) is 0 Å². The van der Waals surface area contributed by atoms with E-state index in [1.807, 2.05) is 91.0 Å². The fourth-order valence-corrected chi connectivity index (χ4v) is 21.3. The number of hydrogen-bond acceptors (Lipinski definition) is 6. The van der Waals surface area contributed by atoms with Gasteiger partial charge in [-0.1, -0.05) is 0 Å². The standard InChI is InChI=1S/C6H7N3O4.3C6H5.Pb/c1-12-5(10)3-4(6(11)13-2)8-9-7-3;3*1-2-4-6-5-3-1;/h1-2H3,(H,7,8,9,10,11);3*1-5H;/q;;;;+1/p-1. The number of esters is 2. The third-order valence-corrected chi connectivity index (χ3v) is 22.6. The summed E-state index contributed by atoms with van der Waals surface area (Å²) in [5.74, 6) is -1.43. The minimum absolute atomic E-state index is 0.00224. The van der Waals surface area contributed by atoms with Crippen molar-refractivity contribution in [3.05, 3.63) is 102 Å². The van der Waals surface area contributed by atoms with Crippen molar-refractivity contribution in [2.24, 2.45) is 0 Å². The van der Waals surface area contributed by atoms with E-state index in [2.05, 4.69) is 10.3 Å². The van der Waals surface area contributed by atoms with E-state index in [1.54, 1.807) is 2.49 Å². The van der Waals surface area contributed by atoms with Crippen molar-refractivity contribution in [3.8, 4) is 0 Å². The summed E-state index contributed by atoms with van der Waals surface area (Å²) in [6.45, 7) is 0. The zero-order valence-electron chi connectivity index (χ0n) is 17.6. The Morgan fingerprint density at radius 2 is 1.09 bits per heavy atom. The Balaban J connectivity index is 2.19. The first-order valence-corrected chi connectivity index (χ1v) is 17.5. The number of ether oxygens (including phenoxy) is 2. The van der Waals surface area contributed by atoms with Crippen molar-refractivity contribution in [3.63, 3.8) is 0 Å². The molecule has 0 fully saturated rings. The van der Waals surface area contributed by atoms with Gasteiger partial charge in [-0.15, -0.1) is 0 Å². The number of benzene rings is 3. The molecule has 0 bridgehead atoms. The van der Waals surface area contributed by atoms with E-state index in [9.17, 15) is 9.59 Å². The first-order chi connectivity index (χ1) is 15.6. The average molecular weight is 623 g/mol. The Bertz CT molecular complexity index is 1130. The molecular weight excluding hydrogens is 601 g/mol. The van der Waals surface area contributed by atoms with E-state index in [0.717, 1.165) is 9.37 Å². The van der Waals surface area contributed by atoms with E-state index < -0.39 is 33.4 Å². The molecule has 160 valence electrons. The first-order valence-electron chi connectivity index (χ1n) is 9.94. The summed E-state index contributed by atoms with van der Waals surface area (Å²) >= 11 is -4.49. The van der Waals surface area contributed by atoms with Gasteiger partial charge in [-0.05, 0) is 0 Å². The average Bonchev–Trinajstić information content (AvgIpc) is 3.31. The molecule has 0 radical (unpaired) electrons. The van der Waals surface area contributed by atoms with E-state index in [1.165, 1.54) is 14.2 Å². The topological polar surface area (TPSA) is 83.3 Å².